The van der Waals surface area contributed by atoms with Crippen molar-refractivity contribution >= 4 is 23.9 Å². The third kappa shape index (κ3) is 3.31. The predicted molar refractivity (Wildman–Crippen MR) is 82.6 cm³/mol. The van der Waals surface area contributed by atoms with Gasteiger partial charge in [0.2, 0.25) is 11.0 Å². The summed E-state index contributed by atoms with van der Waals surface area (Å²) in [7, 11) is 0. The molecule has 0 aliphatic rings. The molecular weight excluding hydrogens is 238 g/mol. The topological polar surface area (TPSA) is 0 Å². The van der Waals surface area contributed by atoms with Crippen LogP contribution in [0.25, 0.3) is 0 Å². The Balaban J connectivity index is 5.25. The van der Waals surface area contributed by atoms with Gasteiger partial charge in [0.1, 0.15) is 0 Å². The summed E-state index contributed by atoms with van der Waals surface area (Å²) in [6.45, 7) is 20.0. The lowest BCUT2D eigenvalue weighted by atomic mass is 11.2. The Morgan fingerprint density at radius 3 is 0.867 bits per heavy atom. The smallest absolute Gasteiger partial charge is 0.0620 e. The molecule has 0 aliphatic carbocycles. The largest absolute Gasteiger partial charge is 0.215 e. The van der Waals surface area contributed by atoms with E-state index in [9.17, 15) is 0 Å². The second-order valence-corrected chi connectivity index (χ2v) is 13.9. The molecule has 0 unspecified atom stereocenters. The lowest BCUT2D eigenvalue weighted by Gasteiger charge is -2.16. The van der Waals surface area contributed by atoms with Crippen molar-refractivity contribution in [2.45, 2.75) is 0 Å². The Hall–Kier alpha value is -0.350. The maximum Gasteiger partial charge on any atom is 0.215 e. The highest BCUT2D eigenvalue weighted by Crippen LogP contribution is 2.92. The van der Waals surface area contributed by atoms with Gasteiger partial charge in [0, 0.05) is 0 Å². The van der Waals surface area contributed by atoms with E-state index in [1.807, 2.05) is 34.9 Å². The van der Waals surface area contributed by atoms with Crippen LogP contribution in [0.4, 0.5) is 0 Å². The fourth-order valence-electron chi connectivity index (χ4n) is 0.892. The number of hydrogen-bond donors (Lipinski definition) is 0. The van der Waals surface area contributed by atoms with Gasteiger partial charge in [-0.1, -0.05) is 39.5 Å². The molecule has 0 heterocycles. The molecule has 0 rings (SSSR count). The molecule has 0 aromatic rings. The van der Waals surface area contributed by atoms with Gasteiger partial charge in [-0.15, -0.1) is 0 Å². The average Bonchev–Trinajstić information content (AvgIpc) is 2.33. The van der Waals surface area contributed by atoms with Crippen LogP contribution in [-0.4, -0.2) is 0 Å². The standard InChI is InChI=1S/C12H18P2S/c1-7-13(8-2,9-3)15-14(10-4,11-5)12-6/h7-12H,1-6H2/q+2. The molecule has 0 saturated carbocycles. The molecule has 0 spiro atoms. The maximum absolute atomic E-state index is 3.86. The van der Waals surface area contributed by atoms with Gasteiger partial charge < -0.3 is 0 Å². The predicted octanol–water partition coefficient (Wildman–Crippen LogP) is 6.45. The lowest BCUT2D eigenvalue weighted by molar-refractivity contribution is 2.36. The van der Waals surface area contributed by atoms with Crippen molar-refractivity contribution in [3.8, 4) is 0 Å². The Labute approximate surface area is 98.4 Å². The van der Waals surface area contributed by atoms with Gasteiger partial charge in [0.25, 0.3) is 0 Å². The van der Waals surface area contributed by atoms with Gasteiger partial charge in [-0.05, 0) is 0 Å². The van der Waals surface area contributed by atoms with Crippen LogP contribution < -0.4 is 0 Å². The molecule has 80 valence electrons. The van der Waals surface area contributed by atoms with Crippen molar-refractivity contribution in [3.63, 3.8) is 0 Å². The van der Waals surface area contributed by atoms with Crippen molar-refractivity contribution < 1.29 is 0 Å². The zero-order valence-electron chi connectivity index (χ0n) is 9.01. The monoisotopic (exact) mass is 256 g/mol. The molecule has 3 heteroatoms. The molecule has 0 aromatic heterocycles. The first-order chi connectivity index (χ1) is 7.07. The van der Waals surface area contributed by atoms with E-state index in [1.54, 1.807) is 11.0 Å². The van der Waals surface area contributed by atoms with Crippen LogP contribution in [0.2, 0.25) is 0 Å². The van der Waals surface area contributed by atoms with Gasteiger partial charge in [-0.25, -0.2) is 0 Å². The summed E-state index contributed by atoms with van der Waals surface area (Å²) in [6, 6.07) is 0. The lowest BCUT2D eigenvalue weighted by Crippen LogP contribution is -1.77. The molecule has 0 atom stereocenters. The summed E-state index contributed by atoms with van der Waals surface area (Å²) in [6.07, 6.45) is 0. The van der Waals surface area contributed by atoms with E-state index in [4.69, 9.17) is 0 Å². The Morgan fingerprint density at radius 1 is 0.533 bits per heavy atom. The van der Waals surface area contributed by atoms with E-state index in [0.717, 1.165) is 0 Å². The molecule has 0 bridgehead atoms. The highest BCUT2D eigenvalue weighted by Gasteiger charge is 2.46. The third-order valence-corrected chi connectivity index (χ3v) is 15.5. The van der Waals surface area contributed by atoms with Gasteiger partial charge in [-0.2, -0.15) is 0 Å². The second-order valence-electron chi connectivity index (χ2n) is 2.70. The summed E-state index contributed by atoms with van der Waals surface area (Å²) < 4.78 is 0. The zero-order valence-corrected chi connectivity index (χ0v) is 11.6. The van der Waals surface area contributed by atoms with Crippen LogP contribution in [0.5, 0.6) is 0 Å². The third-order valence-electron chi connectivity index (χ3n) is 1.99. The van der Waals surface area contributed by atoms with Crippen molar-refractivity contribution in [3.05, 3.63) is 74.4 Å². The van der Waals surface area contributed by atoms with Crippen LogP contribution >= 0.6 is 23.9 Å². The fraction of sp³-hybridized carbons (Fsp3) is 0. The van der Waals surface area contributed by atoms with Crippen molar-refractivity contribution in [1.82, 2.24) is 0 Å². The molecule has 15 heavy (non-hydrogen) atoms. The van der Waals surface area contributed by atoms with Crippen molar-refractivity contribution in [2.75, 3.05) is 0 Å². The van der Waals surface area contributed by atoms with Crippen LogP contribution in [0.15, 0.2) is 74.4 Å². The first-order valence-electron chi connectivity index (χ1n) is 4.36. The van der Waals surface area contributed by atoms with Crippen LogP contribution in [0.1, 0.15) is 0 Å². The minimum Gasteiger partial charge on any atom is -0.0620 e. The quantitative estimate of drug-likeness (QED) is 0.450. The van der Waals surface area contributed by atoms with E-state index in [1.165, 1.54) is 0 Å². The van der Waals surface area contributed by atoms with Crippen LogP contribution in [0.3, 0.4) is 0 Å². The van der Waals surface area contributed by atoms with Gasteiger partial charge in [0.15, 0.2) is 12.9 Å². The average molecular weight is 256 g/mol. The Morgan fingerprint density at radius 2 is 0.733 bits per heavy atom. The molecule has 0 fully saturated rings. The minimum absolute atomic E-state index is 1.57. The molecule has 0 nitrogen and oxygen atoms in total. The molecule has 0 saturated heterocycles. The Kier molecular flexibility index (Phi) is 6.13. The molecular formula is C12H18P2S+2. The molecule has 0 aliphatic heterocycles. The maximum atomic E-state index is 3.86. The highest BCUT2D eigenvalue weighted by atomic mass is 33.1. The SMILES string of the molecule is C=C[P+](C=C)(C=C)S[P+](C=C)(C=C)C=C. The van der Waals surface area contributed by atoms with Gasteiger partial charge >= 0.3 is 0 Å². The van der Waals surface area contributed by atoms with E-state index in [2.05, 4.69) is 39.5 Å². The van der Waals surface area contributed by atoms with Crippen LogP contribution in [0, 0.1) is 0 Å². The van der Waals surface area contributed by atoms with E-state index >= 15 is 0 Å². The zero-order chi connectivity index (χ0) is 11.9. The summed E-state index contributed by atoms with van der Waals surface area (Å²) >= 11 is 1.80. The molecule has 0 N–H and O–H groups in total. The summed E-state index contributed by atoms with van der Waals surface area (Å²) in [4.78, 5) is 0. The van der Waals surface area contributed by atoms with Crippen LogP contribution in [-0.2, 0) is 0 Å². The number of hydrogen-bond acceptors (Lipinski definition) is 1. The van der Waals surface area contributed by atoms with E-state index in [0.29, 0.717) is 0 Å². The van der Waals surface area contributed by atoms with E-state index in [-0.39, 0.29) is 0 Å². The highest BCUT2D eigenvalue weighted by molar-refractivity contribution is 8.95. The fourth-order valence-corrected chi connectivity index (χ4v) is 13.4. The normalized spacial score (nSPS) is 11.2. The molecule has 0 aromatic carbocycles. The minimum atomic E-state index is -1.57. The second kappa shape index (κ2) is 6.28. The first kappa shape index (κ1) is 14.6. The summed E-state index contributed by atoms with van der Waals surface area (Å²) in [5.41, 5.74) is 0. The van der Waals surface area contributed by atoms with E-state index < -0.39 is 12.9 Å². The number of rotatable bonds is 8. The van der Waals surface area contributed by atoms with Crippen molar-refractivity contribution in [2.24, 2.45) is 0 Å². The summed E-state index contributed by atoms with van der Waals surface area (Å²) in [5.74, 6) is 11.6. The van der Waals surface area contributed by atoms with Gasteiger partial charge in [-0.3, -0.25) is 0 Å². The molecule has 0 radical (unpaired) electrons. The van der Waals surface area contributed by atoms with Crippen molar-refractivity contribution in [1.29, 1.82) is 0 Å². The molecule has 0 amide bonds. The van der Waals surface area contributed by atoms with Gasteiger partial charge in [0.05, 0.1) is 34.9 Å². The summed E-state index contributed by atoms with van der Waals surface area (Å²) in [5, 5.41) is 0. The first-order valence-corrected chi connectivity index (χ1v) is 10.4. The Bertz CT molecular complexity index is 231.